The smallest absolute Gasteiger partial charge is 0.203 e. The molecule has 2 N–H and O–H groups in total. The Morgan fingerprint density at radius 2 is 2.13 bits per heavy atom. The average Bonchev–Trinajstić information content (AvgIpc) is 3.02. The summed E-state index contributed by atoms with van der Waals surface area (Å²) in [6, 6.07) is 8.26. The second kappa shape index (κ2) is 5.98. The van der Waals surface area contributed by atoms with E-state index in [0.717, 1.165) is 15.7 Å². The Kier molecular flexibility index (Phi) is 4.16. The summed E-state index contributed by atoms with van der Waals surface area (Å²) in [7, 11) is 2.01. The molecule has 0 saturated heterocycles. The molecule has 0 unspecified atom stereocenters. The third kappa shape index (κ3) is 2.98. The summed E-state index contributed by atoms with van der Waals surface area (Å²) in [5.74, 6) is 0.393. The zero-order valence-corrected chi connectivity index (χ0v) is 14.9. The molecule has 0 atom stereocenters. The summed E-state index contributed by atoms with van der Waals surface area (Å²) in [6.07, 6.45) is 1.75. The molecular formula is C16H18N4OS2. The zero-order chi connectivity index (χ0) is 16.6. The second-order valence-electron chi connectivity index (χ2n) is 5.89. The van der Waals surface area contributed by atoms with Crippen molar-refractivity contribution >= 4 is 39.7 Å². The van der Waals surface area contributed by atoms with E-state index in [2.05, 4.69) is 41.1 Å². The number of anilines is 2. The first-order valence-electron chi connectivity index (χ1n) is 7.19. The number of hydrogen-bond donors (Lipinski definition) is 1. The maximum atomic E-state index is 12.4. The monoisotopic (exact) mass is 346 g/mol. The number of hydrogen-bond acceptors (Lipinski definition) is 7. The SMILES string of the molecule is CN1/C(=C/C(=O)CSc2nnc(N)s2)C(C)(C)c2ccccc21. The van der Waals surface area contributed by atoms with Crippen LogP contribution >= 0.6 is 23.1 Å². The molecule has 3 rings (SSSR count). The van der Waals surface area contributed by atoms with E-state index >= 15 is 0 Å². The quantitative estimate of drug-likeness (QED) is 0.677. The summed E-state index contributed by atoms with van der Waals surface area (Å²) < 4.78 is 0.719. The van der Waals surface area contributed by atoms with Crippen molar-refractivity contribution in [2.45, 2.75) is 23.6 Å². The van der Waals surface area contributed by atoms with Gasteiger partial charge in [0.15, 0.2) is 10.1 Å². The number of benzene rings is 1. The molecule has 0 fully saturated rings. The van der Waals surface area contributed by atoms with Crippen LogP contribution in [0.4, 0.5) is 10.8 Å². The minimum atomic E-state index is -0.182. The van der Waals surface area contributed by atoms with Crippen molar-refractivity contribution in [2.75, 3.05) is 23.4 Å². The van der Waals surface area contributed by atoms with Crippen molar-refractivity contribution in [3.05, 3.63) is 41.6 Å². The molecule has 0 bridgehead atoms. The first-order valence-corrected chi connectivity index (χ1v) is 9.00. The standard InChI is InChI=1S/C16H18N4OS2/c1-16(2)11-6-4-5-7-12(11)20(3)13(16)8-10(21)9-22-15-19-18-14(17)23-15/h4-8H,9H2,1-3H3,(H2,17,18)/b13-8+. The van der Waals surface area contributed by atoms with Gasteiger partial charge >= 0.3 is 0 Å². The lowest BCUT2D eigenvalue weighted by Gasteiger charge is -2.23. The Balaban J connectivity index is 1.78. The highest BCUT2D eigenvalue weighted by molar-refractivity contribution is 8.01. The van der Waals surface area contributed by atoms with Gasteiger partial charge in [0.05, 0.1) is 5.75 Å². The number of carbonyl (C=O) groups excluding carboxylic acids is 1. The molecule has 1 aromatic carbocycles. The molecule has 2 heterocycles. The predicted molar refractivity (Wildman–Crippen MR) is 96.0 cm³/mol. The van der Waals surface area contributed by atoms with Crippen molar-refractivity contribution in [1.29, 1.82) is 0 Å². The third-order valence-electron chi connectivity index (χ3n) is 4.00. The van der Waals surface area contributed by atoms with Gasteiger partial charge in [0, 0.05) is 29.9 Å². The number of thioether (sulfide) groups is 1. The van der Waals surface area contributed by atoms with Crippen molar-refractivity contribution in [3.8, 4) is 0 Å². The van der Waals surface area contributed by atoms with Crippen LogP contribution in [0.5, 0.6) is 0 Å². The van der Waals surface area contributed by atoms with Gasteiger partial charge in [-0.3, -0.25) is 4.79 Å². The first-order chi connectivity index (χ1) is 10.9. The number of rotatable bonds is 4. The molecule has 1 aliphatic rings. The molecule has 2 aromatic rings. The van der Waals surface area contributed by atoms with E-state index in [-0.39, 0.29) is 11.2 Å². The molecule has 0 spiro atoms. The van der Waals surface area contributed by atoms with Crippen LogP contribution in [-0.2, 0) is 10.2 Å². The second-order valence-corrected chi connectivity index (χ2v) is 8.12. The summed E-state index contributed by atoms with van der Waals surface area (Å²) >= 11 is 2.67. The van der Waals surface area contributed by atoms with Crippen LogP contribution in [0.25, 0.3) is 0 Å². The third-order valence-corrected chi connectivity index (χ3v) is 5.91. The Labute approximate surface area is 143 Å². The topological polar surface area (TPSA) is 72.1 Å². The zero-order valence-electron chi connectivity index (χ0n) is 13.2. The number of para-hydroxylation sites is 1. The van der Waals surface area contributed by atoms with Gasteiger partial charge in [-0.15, -0.1) is 10.2 Å². The molecule has 0 aliphatic carbocycles. The van der Waals surface area contributed by atoms with Crippen LogP contribution in [0.2, 0.25) is 0 Å². The predicted octanol–water partition coefficient (Wildman–Crippen LogP) is 3.09. The van der Waals surface area contributed by atoms with E-state index in [0.29, 0.717) is 10.9 Å². The van der Waals surface area contributed by atoms with Gasteiger partial charge in [-0.05, 0) is 11.6 Å². The van der Waals surface area contributed by atoms with Gasteiger partial charge in [-0.25, -0.2) is 0 Å². The highest BCUT2D eigenvalue weighted by atomic mass is 32.2. The maximum Gasteiger partial charge on any atom is 0.203 e. The van der Waals surface area contributed by atoms with E-state index in [1.54, 1.807) is 6.08 Å². The van der Waals surface area contributed by atoms with Crippen LogP contribution in [0.3, 0.4) is 0 Å². The van der Waals surface area contributed by atoms with Crippen molar-refractivity contribution in [3.63, 3.8) is 0 Å². The van der Waals surface area contributed by atoms with Crippen LogP contribution in [0, 0.1) is 0 Å². The first kappa shape index (κ1) is 16.0. The summed E-state index contributed by atoms with van der Waals surface area (Å²) in [5, 5.41) is 8.09. The molecule has 0 amide bonds. The van der Waals surface area contributed by atoms with E-state index in [1.165, 1.54) is 28.7 Å². The van der Waals surface area contributed by atoms with E-state index < -0.39 is 0 Å². The van der Waals surface area contributed by atoms with Crippen LogP contribution < -0.4 is 10.6 Å². The Bertz CT molecular complexity index is 782. The van der Waals surface area contributed by atoms with Crippen molar-refractivity contribution < 1.29 is 4.79 Å². The molecule has 1 aliphatic heterocycles. The number of aromatic nitrogens is 2. The average molecular weight is 346 g/mol. The fraction of sp³-hybridized carbons (Fsp3) is 0.312. The fourth-order valence-corrected chi connectivity index (χ4v) is 4.32. The highest BCUT2D eigenvalue weighted by Crippen LogP contribution is 2.46. The van der Waals surface area contributed by atoms with Gasteiger partial charge < -0.3 is 10.6 Å². The van der Waals surface area contributed by atoms with E-state index in [9.17, 15) is 4.79 Å². The molecule has 7 heteroatoms. The normalized spacial score (nSPS) is 17.5. The number of fused-ring (bicyclic) bond motifs is 1. The van der Waals surface area contributed by atoms with E-state index in [4.69, 9.17) is 5.73 Å². The number of nitrogens with two attached hydrogens (primary N) is 1. The van der Waals surface area contributed by atoms with Crippen LogP contribution in [0.1, 0.15) is 19.4 Å². The Morgan fingerprint density at radius 1 is 1.39 bits per heavy atom. The van der Waals surface area contributed by atoms with Crippen molar-refractivity contribution in [1.82, 2.24) is 10.2 Å². The van der Waals surface area contributed by atoms with Crippen LogP contribution in [0.15, 0.2) is 40.4 Å². The molecule has 23 heavy (non-hydrogen) atoms. The number of likely N-dealkylation sites (N-methyl/N-ethyl adjacent to an activating group) is 1. The van der Waals surface area contributed by atoms with Gasteiger partial charge in [0.2, 0.25) is 5.13 Å². The molecular weight excluding hydrogens is 328 g/mol. The number of nitrogen functional groups attached to an aromatic ring is 1. The lowest BCUT2D eigenvalue weighted by Crippen LogP contribution is -2.24. The van der Waals surface area contributed by atoms with Crippen LogP contribution in [-0.4, -0.2) is 28.8 Å². The number of ketones is 1. The van der Waals surface area contributed by atoms with Gasteiger partial charge in [0.25, 0.3) is 0 Å². The maximum absolute atomic E-state index is 12.4. The molecule has 1 aromatic heterocycles. The summed E-state index contributed by atoms with van der Waals surface area (Å²) in [6.45, 7) is 4.29. The lowest BCUT2D eigenvalue weighted by molar-refractivity contribution is -0.112. The number of nitrogens with zero attached hydrogens (tertiary/aromatic N) is 3. The number of allylic oxidation sites excluding steroid dienone is 2. The summed E-state index contributed by atoms with van der Waals surface area (Å²) in [4.78, 5) is 14.5. The number of carbonyl (C=O) groups is 1. The lowest BCUT2D eigenvalue weighted by atomic mass is 9.83. The minimum Gasteiger partial charge on any atom is -0.374 e. The van der Waals surface area contributed by atoms with Gasteiger partial charge in [-0.2, -0.15) is 0 Å². The summed E-state index contributed by atoms with van der Waals surface area (Å²) in [5.41, 5.74) is 8.78. The van der Waals surface area contributed by atoms with Gasteiger partial charge in [0.1, 0.15) is 0 Å². The molecule has 5 nitrogen and oxygen atoms in total. The Hall–Kier alpha value is -1.86. The fourth-order valence-electron chi connectivity index (χ4n) is 2.86. The Morgan fingerprint density at radius 3 is 2.78 bits per heavy atom. The van der Waals surface area contributed by atoms with Gasteiger partial charge in [-0.1, -0.05) is 55.1 Å². The largest absolute Gasteiger partial charge is 0.374 e. The molecule has 120 valence electrons. The van der Waals surface area contributed by atoms with Crippen molar-refractivity contribution in [2.24, 2.45) is 0 Å². The molecule has 0 radical (unpaired) electrons. The minimum absolute atomic E-state index is 0.0616. The molecule has 0 saturated carbocycles. The highest BCUT2D eigenvalue weighted by Gasteiger charge is 2.38. The van der Waals surface area contributed by atoms with E-state index in [1.807, 2.05) is 19.2 Å².